The molecule has 1 aliphatic heterocycles. The van der Waals surface area contributed by atoms with Crippen molar-refractivity contribution in [1.82, 2.24) is 4.90 Å². The van der Waals surface area contributed by atoms with E-state index in [-0.39, 0.29) is 18.4 Å². The Morgan fingerprint density at radius 3 is 2.27 bits per heavy atom. The molecule has 3 aromatic carbocycles. The second kappa shape index (κ2) is 13.1. The Morgan fingerprint density at radius 1 is 0.900 bits per heavy atom. The van der Waals surface area contributed by atoms with E-state index in [1.54, 1.807) is 25.1 Å². The van der Waals surface area contributed by atoms with E-state index >= 15 is 0 Å². The lowest BCUT2D eigenvalue weighted by atomic mass is 9.99. The number of fused-ring (bicyclic) bond motifs is 1. The smallest absolute Gasteiger partial charge is 0.338 e. The Morgan fingerprint density at radius 2 is 1.62 bits per heavy atom. The molecule has 0 radical (unpaired) electrons. The van der Waals surface area contributed by atoms with Gasteiger partial charge in [0.2, 0.25) is 5.91 Å². The van der Waals surface area contributed by atoms with Gasteiger partial charge in [-0.25, -0.2) is 4.79 Å². The Hall–Kier alpha value is -4.43. The number of amides is 2. The van der Waals surface area contributed by atoms with E-state index in [1.165, 1.54) is 0 Å². The Balaban J connectivity index is 1.70. The molecule has 0 bridgehead atoms. The number of anilines is 3. The third-order valence-corrected chi connectivity index (χ3v) is 6.57. The zero-order chi connectivity index (χ0) is 28.6. The molecule has 0 atom stereocenters. The highest BCUT2D eigenvalue weighted by molar-refractivity contribution is 6.37. The van der Waals surface area contributed by atoms with Gasteiger partial charge in [0.05, 0.1) is 29.1 Å². The Labute approximate surface area is 235 Å². The third kappa shape index (κ3) is 6.58. The zero-order valence-electron chi connectivity index (χ0n) is 23.5. The molecule has 0 aliphatic carbocycles. The topological polar surface area (TPSA) is 91.0 Å². The number of carbonyl (C=O) groups is 3. The summed E-state index contributed by atoms with van der Waals surface area (Å²) in [5, 5.41) is 6.35. The molecule has 0 unspecified atom stereocenters. The summed E-state index contributed by atoms with van der Waals surface area (Å²) < 4.78 is 5.12. The maximum Gasteiger partial charge on any atom is 0.338 e. The molecule has 8 heteroatoms. The van der Waals surface area contributed by atoms with E-state index in [0.29, 0.717) is 41.1 Å². The van der Waals surface area contributed by atoms with E-state index < -0.39 is 5.97 Å². The summed E-state index contributed by atoms with van der Waals surface area (Å²) in [5.41, 5.74) is 5.19. The summed E-state index contributed by atoms with van der Waals surface area (Å²) in [7, 11) is 3.98. The second-order valence-corrected chi connectivity index (χ2v) is 9.82. The predicted octanol–water partition coefficient (Wildman–Crippen LogP) is 5.49. The fourth-order valence-electron chi connectivity index (χ4n) is 4.56. The molecule has 0 fully saturated rings. The molecule has 0 saturated heterocycles. The minimum absolute atomic E-state index is 0.0959. The lowest BCUT2D eigenvalue weighted by Gasteiger charge is -2.25. The van der Waals surface area contributed by atoms with Crippen molar-refractivity contribution in [3.8, 4) is 0 Å². The number of hydrogen-bond donors (Lipinski definition) is 2. The van der Waals surface area contributed by atoms with E-state index in [4.69, 9.17) is 4.74 Å². The molecule has 2 N–H and O–H groups in total. The van der Waals surface area contributed by atoms with Crippen molar-refractivity contribution in [3.05, 3.63) is 89.5 Å². The minimum atomic E-state index is -0.435. The first-order chi connectivity index (χ1) is 19.3. The molecule has 1 heterocycles. The van der Waals surface area contributed by atoms with E-state index in [0.717, 1.165) is 29.9 Å². The summed E-state index contributed by atoms with van der Waals surface area (Å²) in [6, 6.07) is 22.4. The minimum Gasteiger partial charge on any atom is -0.462 e. The third-order valence-electron chi connectivity index (χ3n) is 6.57. The van der Waals surface area contributed by atoms with Gasteiger partial charge in [0.25, 0.3) is 5.91 Å². The van der Waals surface area contributed by atoms with Gasteiger partial charge in [0, 0.05) is 36.4 Å². The van der Waals surface area contributed by atoms with Crippen LogP contribution in [-0.4, -0.2) is 56.5 Å². The van der Waals surface area contributed by atoms with Crippen LogP contribution in [0.4, 0.5) is 17.1 Å². The van der Waals surface area contributed by atoms with Crippen LogP contribution in [-0.2, 0) is 14.3 Å². The first-order valence-electron chi connectivity index (χ1n) is 13.6. The van der Waals surface area contributed by atoms with Crippen LogP contribution < -0.4 is 15.5 Å². The van der Waals surface area contributed by atoms with Crippen LogP contribution in [0.2, 0.25) is 0 Å². The van der Waals surface area contributed by atoms with Crippen molar-refractivity contribution in [3.63, 3.8) is 0 Å². The summed E-state index contributed by atoms with van der Waals surface area (Å²) >= 11 is 0. The van der Waals surface area contributed by atoms with Crippen molar-refractivity contribution in [2.45, 2.75) is 26.7 Å². The van der Waals surface area contributed by atoms with Crippen molar-refractivity contribution in [1.29, 1.82) is 0 Å². The van der Waals surface area contributed by atoms with Gasteiger partial charge < -0.3 is 25.2 Å². The quantitative estimate of drug-likeness (QED) is 0.247. The highest BCUT2D eigenvalue weighted by Crippen LogP contribution is 2.38. The van der Waals surface area contributed by atoms with Crippen LogP contribution in [0.3, 0.4) is 0 Å². The Bertz CT molecular complexity index is 1400. The summed E-state index contributed by atoms with van der Waals surface area (Å²) in [6.45, 7) is 5.38. The maximum absolute atomic E-state index is 13.3. The molecule has 8 nitrogen and oxygen atoms in total. The molecular weight excluding hydrogens is 504 g/mol. The molecule has 3 aromatic rings. The summed E-state index contributed by atoms with van der Waals surface area (Å²) in [4.78, 5) is 42.2. The molecule has 0 aromatic heterocycles. The number of benzene rings is 3. The summed E-state index contributed by atoms with van der Waals surface area (Å²) in [6.07, 6.45) is 1.28. The van der Waals surface area contributed by atoms with Crippen LogP contribution >= 0.6 is 0 Å². The van der Waals surface area contributed by atoms with Crippen molar-refractivity contribution in [2.24, 2.45) is 0 Å². The number of nitrogens with one attached hydrogen (secondary N) is 2. The monoisotopic (exact) mass is 540 g/mol. The molecule has 2 amide bonds. The van der Waals surface area contributed by atoms with Crippen LogP contribution in [0.5, 0.6) is 0 Å². The van der Waals surface area contributed by atoms with Crippen molar-refractivity contribution >= 4 is 46.1 Å². The van der Waals surface area contributed by atoms with Crippen LogP contribution in [0.25, 0.3) is 11.3 Å². The molecule has 0 spiro atoms. The van der Waals surface area contributed by atoms with Gasteiger partial charge in [-0.05, 0) is 69.4 Å². The number of hydrogen-bond acceptors (Lipinski definition) is 6. The largest absolute Gasteiger partial charge is 0.462 e. The second-order valence-electron chi connectivity index (χ2n) is 9.82. The number of rotatable bonds is 11. The molecule has 1 aliphatic rings. The van der Waals surface area contributed by atoms with Gasteiger partial charge in [0.15, 0.2) is 0 Å². The zero-order valence-corrected chi connectivity index (χ0v) is 23.5. The normalized spacial score (nSPS) is 13.5. The first kappa shape index (κ1) is 28.6. The van der Waals surface area contributed by atoms with Crippen LogP contribution in [0.15, 0.2) is 72.8 Å². The fourth-order valence-corrected chi connectivity index (χ4v) is 4.56. The Kier molecular flexibility index (Phi) is 9.35. The molecule has 0 saturated carbocycles. The highest BCUT2D eigenvalue weighted by atomic mass is 16.5. The average molecular weight is 541 g/mol. The molecular formula is C32H36N4O4. The lowest BCUT2D eigenvalue weighted by molar-refractivity contribution is -0.118. The van der Waals surface area contributed by atoms with Crippen LogP contribution in [0.1, 0.15) is 48.2 Å². The molecule has 4 rings (SSSR count). The van der Waals surface area contributed by atoms with Crippen LogP contribution in [0, 0.1) is 0 Å². The molecule has 208 valence electrons. The average Bonchev–Trinajstić information content (AvgIpc) is 3.27. The summed E-state index contributed by atoms with van der Waals surface area (Å²) in [5.74, 6) is -0.604. The number of nitrogens with zero attached hydrogens (tertiary/aromatic N) is 2. The number of esters is 1. The molecule has 40 heavy (non-hydrogen) atoms. The predicted molar refractivity (Wildman–Crippen MR) is 160 cm³/mol. The van der Waals surface area contributed by atoms with Crippen molar-refractivity contribution < 1.29 is 19.1 Å². The fraction of sp³-hybridized carbons (Fsp3) is 0.281. The van der Waals surface area contributed by atoms with Gasteiger partial charge in [0.1, 0.15) is 0 Å². The van der Waals surface area contributed by atoms with Gasteiger partial charge >= 0.3 is 5.97 Å². The first-order valence-corrected chi connectivity index (χ1v) is 13.6. The van der Waals surface area contributed by atoms with E-state index in [1.807, 2.05) is 80.5 Å². The lowest BCUT2D eigenvalue weighted by Crippen LogP contribution is -2.36. The van der Waals surface area contributed by atoms with E-state index in [2.05, 4.69) is 15.5 Å². The van der Waals surface area contributed by atoms with Crippen molar-refractivity contribution in [2.75, 3.05) is 49.3 Å². The highest BCUT2D eigenvalue weighted by Gasteiger charge is 2.29. The standard InChI is InChI=1S/C32H36N4O4/c1-5-10-28(37)36(20-19-35(3)4)25-16-14-24(15-17-25)33-30(22-11-8-7-9-12-22)29-26-18-13-23(32(39)40-6-2)21-27(26)34-31(29)38/h7-9,11-18,21,33H,5-6,10,19-20H2,1-4H3,(H,34,38)/b30-29-. The van der Waals surface area contributed by atoms with Gasteiger partial charge in [-0.15, -0.1) is 0 Å². The maximum atomic E-state index is 13.3. The van der Waals surface area contributed by atoms with Gasteiger partial charge in [-0.3, -0.25) is 9.59 Å². The van der Waals surface area contributed by atoms with E-state index in [9.17, 15) is 14.4 Å². The van der Waals surface area contributed by atoms with Gasteiger partial charge in [-0.2, -0.15) is 0 Å². The number of carbonyl (C=O) groups excluding carboxylic acids is 3. The number of likely N-dealkylation sites (N-methyl/N-ethyl adjacent to an activating group) is 1. The van der Waals surface area contributed by atoms with Gasteiger partial charge in [-0.1, -0.05) is 43.3 Å². The number of ether oxygens (including phenoxy) is 1. The SMILES string of the molecule is CCCC(=O)N(CCN(C)C)c1ccc(N/C(=C2\C(=O)Nc3cc(C(=O)OCC)ccc32)c2ccccc2)cc1.